The lowest BCUT2D eigenvalue weighted by Gasteiger charge is -2.26. The molecule has 7 aromatic rings. The van der Waals surface area contributed by atoms with Crippen LogP contribution >= 0.6 is 45.3 Å². The second-order valence-corrected chi connectivity index (χ2v) is 17.2. The maximum absolute atomic E-state index is 11.2. The van der Waals surface area contributed by atoms with Crippen LogP contribution in [-0.2, 0) is 9.59 Å². The molecule has 282 valence electrons. The normalized spacial score (nSPS) is 11.8. The Balaban J connectivity index is 1.04. The number of carbonyl (C=O) groups is 2. The van der Waals surface area contributed by atoms with Gasteiger partial charge in [0.2, 0.25) is 0 Å². The van der Waals surface area contributed by atoms with Crippen LogP contribution in [-0.4, -0.2) is 22.2 Å². The van der Waals surface area contributed by atoms with E-state index in [1.54, 1.807) is 34.8 Å². The SMILES string of the molecule is Cc1ccc(N(c2ccc(/C=C/c3ccc(-c4ccc(/C=C(\C#N)C(=O)O)s4)s3)cc2)c2ccc(/C=C/c3ccc(-c4ccc(/C=C(\C#N)C(=O)O)s4)s3)cc2)cc1. The highest BCUT2D eigenvalue weighted by Crippen LogP contribution is 2.38. The number of hydrogen-bond donors (Lipinski definition) is 2. The minimum Gasteiger partial charge on any atom is -0.477 e. The van der Waals surface area contributed by atoms with Gasteiger partial charge in [-0.3, -0.25) is 0 Å². The zero-order valence-electron chi connectivity index (χ0n) is 30.7. The first kappa shape index (κ1) is 39.4. The molecule has 3 aromatic carbocycles. The van der Waals surface area contributed by atoms with E-state index >= 15 is 0 Å². The lowest BCUT2D eigenvalue weighted by Crippen LogP contribution is -2.09. The average molecular weight is 830 g/mol. The molecular formula is C47H31N3O4S4. The number of rotatable bonds is 13. The van der Waals surface area contributed by atoms with Crippen LogP contribution in [0.25, 0.3) is 56.0 Å². The van der Waals surface area contributed by atoms with Crippen molar-refractivity contribution < 1.29 is 19.8 Å². The van der Waals surface area contributed by atoms with E-state index in [4.69, 9.17) is 20.7 Å². The lowest BCUT2D eigenvalue weighted by atomic mass is 10.1. The maximum atomic E-state index is 11.2. The third-order valence-electron chi connectivity index (χ3n) is 8.74. The molecule has 7 rings (SSSR count). The molecule has 0 spiro atoms. The first-order valence-corrected chi connectivity index (χ1v) is 21.0. The summed E-state index contributed by atoms with van der Waals surface area (Å²) in [6.07, 6.45) is 11.1. The van der Waals surface area contributed by atoms with Crippen molar-refractivity contribution in [2.75, 3.05) is 4.90 Å². The number of nitriles is 2. The fourth-order valence-corrected chi connectivity index (χ4v) is 9.71. The smallest absolute Gasteiger partial charge is 0.346 e. The molecule has 0 aliphatic heterocycles. The first-order valence-electron chi connectivity index (χ1n) is 17.7. The van der Waals surface area contributed by atoms with Crippen molar-refractivity contribution in [3.63, 3.8) is 0 Å². The summed E-state index contributed by atoms with van der Waals surface area (Å²) in [5, 5.41) is 36.5. The van der Waals surface area contributed by atoms with Crippen LogP contribution in [0.4, 0.5) is 17.1 Å². The fourth-order valence-electron chi connectivity index (χ4n) is 5.81. The fraction of sp³-hybridized carbons (Fsp3) is 0.0213. The molecule has 0 aliphatic carbocycles. The molecule has 0 unspecified atom stereocenters. The number of aliphatic carboxylic acids is 2. The monoisotopic (exact) mass is 829 g/mol. The van der Waals surface area contributed by atoms with Crippen LogP contribution in [0.3, 0.4) is 0 Å². The van der Waals surface area contributed by atoms with Crippen LogP contribution in [0.2, 0.25) is 0 Å². The summed E-state index contributed by atoms with van der Waals surface area (Å²) < 4.78 is 0. The molecule has 4 aromatic heterocycles. The lowest BCUT2D eigenvalue weighted by molar-refractivity contribution is -0.133. The maximum Gasteiger partial charge on any atom is 0.346 e. The number of benzene rings is 3. The van der Waals surface area contributed by atoms with E-state index in [9.17, 15) is 9.59 Å². The molecule has 4 heterocycles. The van der Waals surface area contributed by atoms with E-state index in [0.29, 0.717) is 0 Å². The van der Waals surface area contributed by atoms with Crippen LogP contribution in [0.15, 0.2) is 132 Å². The molecule has 0 saturated carbocycles. The Labute approximate surface area is 351 Å². The molecule has 7 nitrogen and oxygen atoms in total. The highest BCUT2D eigenvalue weighted by Gasteiger charge is 2.14. The molecule has 0 aliphatic rings. The van der Waals surface area contributed by atoms with Crippen LogP contribution < -0.4 is 4.90 Å². The summed E-state index contributed by atoms with van der Waals surface area (Å²) in [5.41, 5.74) is 5.83. The van der Waals surface area contributed by atoms with Gasteiger partial charge in [-0.2, -0.15) is 10.5 Å². The number of carboxylic acid groups (broad SMARTS) is 2. The summed E-state index contributed by atoms with van der Waals surface area (Å²) in [6.45, 7) is 2.08. The predicted octanol–water partition coefficient (Wildman–Crippen LogP) is 13.4. The highest BCUT2D eigenvalue weighted by molar-refractivity contribution is 7.23. The topological polar surface area (TPSA) is 125 Å². The van der Waals surface area contributed by atoms with Gasteiger partial charge in [-0.1, -0.05) is 54.1 Å². The molecule has 0 saturated heterocycles. The van der Waals surface area contributed by atoms with Crippen molar-refractivity contribution in [2.24, 2.45) is 0 Å². The Hall–Kier alpha value is -6.86. The number of anilines is 3. The number of thiophene rings is 4. The van der Waals surface area contributed by atoms with Crippen LogP contribution in [0.1, 0.15) is 36.2 Å². The van der Waals surface area contributed by atoms with Crippen molar-refractivity contribution in [2.45, 2.75) is 6.92 Å². The third kappa shape index (κ3) is 9.56. The van der Waals surface area contributed by atoms with Crippen molar-refractivity contribution in [1.82, 2.24) is 0 Å². The molecule has 2 N–H and O–H groups in total. The van der Waals surface area contributed by atoms with Gasteiger partial charge in [-0.15, -0.1) is 45.3 Å². The summed E-state index contributed by atoms with van der Waals surface area (Å²) >= 11 is 6.19. The molecule has 0 fully saturated rings. The average Bonchev–Trinajstić information content (AvgIpc) is 4.07. The van der Waals surface area contributed by atoms with Crippen molar-refractivity contribution in [3.05, 3.63) is 169 Å². The summed E-state index contributed by atoms with van der Waals surface area (Å²) in [4.78, 5) is 32.4. The Morgan fingerprint density at radius 3 is 1.16 bits per heavy atom. The molecule has 0 atom stereocenters. The zero-order valence-corrected chi connectivity index (χ0v) is 34.0. The van der Waals surface area contributed by atoms with E-state index in [0.717, 1.165) is 67.2 Å². The second-order valence-electron chi connectivity index (χ2n) is 12.8. The largest absolute Gasteiger partial charge is 0.477 e. The summed E-state index contributed by atoms with van der Waals surface area (Å²) in [7, 11) is 0. The molecule has 0 amide bonds. The molecule has 0 bridgehead atoms. The van der Waals surface area contributed by atoms with Gasteiger partial charge in [0, 0.05) is 56.1 Å². The van der Waals surface area contributed by atoms with Gasteiger partial charge >= 0.3 is 11.9 Å². The van der Waals surface area contributed by atoms with Gasteiger partial charge in [-0.25, -0.2) is 9.59 Å². The van der Waals surface area contributed by atoms with Gasteiger partial charge in [0.15, 0.2) is 0 Å². The van der Waals surface area contributed by atoms with E-state index in [1.807, 2.05) is 24.3 Å². The first-order chi connectivity index (χ1) is 28.1. The number of hydrogen-bond acceptors (Lipinski definition) is 9. The minimum atomic E-state index is -1.23. The van der Waals surface area contributed by atoms with Gasteiger partial charge in [0.25, 0.3) is 0 Å². The van der Waals surface area contributed by atoms with Crippen molar-refractivity contribution in [3.8, 4) is 31.6 Å². The summed E-state index contributed by atoms with van der Waals surface area (Å²) in [5.74, 6) is -2.47. The highest BCUT2D eigenvalue weighted by atomic mass is 32.1. The minimum absolute atomic E-state index is 0.288. The van der Waals surface area contributed by atoms with E-state index in [-0.39, 0.29) is 11.1 Å². The van der Waals surface area contributed by atoms with E-state index in [2.05, 4.69) is 133 Å². The van der Waals surface area contributed by atoms with Crippen LogP contribution in [0, 0.1) is 29.6 Å². The third-order valence-corrected chi connectivity index (χ3v) is 13.3. The van der Waals surface area contributed by atoms with Gasteiger partial charge < -0.3 is 15.1 Å². The Morgan fingerprint density at radius 1 is 0.483 bits per heavy atom. The number of nitrogens with zero attached hydrogens (tertiary/aromatic N) is 3. The zero-order chi connectivity index (χ0) is 40.6. The quantitative estimate of drug-likeness (QED) is 0.0875. The second kappa shape index (κ2) is 17.9. The van der Waals surface area contributed by atoms with Crippen LogP contribution in [0.5, 0.6) is 0 Å². The van der Waals surface area contributed by atoms with E-state index in [1.165, 1.54) is 40.4 Å². The van der Waals surface area contributed by atoms with E-state index < -0.39 is 11.9 Å². The predicted molar refractivity (Wildman–Crippen MR) is 241 cm³/mol. The number of aryl methyl sites for hydroxylation is 1. The van der Waals surface area contributed by atoms with Crippen molar-refractivity contribution in [1.29, 1.82) is 10.5 Å². The Kier molecular flexibility index (Phi) is 12.2. The molecule has 58 heavy (non-hydrogen) atoms. The Bertz CT molecular complexity index is 2650. The Morgan fingerprint density at radius 2 is 0.810 bits per heavy atom. The standard InChI is InChI=1S/C47H31N3O4S4/c1-30-2-10-35(11-3-30)50(36-12-4-31(5-13-36)8-16-38-18-22-42(55-38)44-24-20-40(57-44)26-33(28-48)46(51)52)37-14-6-32(7-15-37)9-17-39-19-23-43(56-39)45-25-21-41(58-45)27-34(29-49)47(53)54/h2-27H,1H3,(H,51,52)(H,53,54)/b16-8+,17-9+,33-26+,34-27+. The summed E-state index contributed by atoms with van der Waals surface area (Å²) in [6, 6.07) is 44.6. The van der Waals surface area contributed by atoms with Gasteiger partial charge in [0.05, 0.1) is 0 Å². The van der Waals surface area contributed by atoms with Gasteiger partial charge in [0.1, 0.15) is 23.3 Å². The van der Waals surface area contributed by atoms with Crippen molar-refractivity contribution >= 4 is 111 Å². The molecule has 0 radical (unpaired) electrons. The van der Waals surface area contributed by atoms with Gasteiger partial charge in [-0.05, 0) is 127 Å². The number of carboxylic acids is 2. The molecular weight excluding hydrogens is 799 g/mol. The molecule has 11 heteroatoms.